The molecule has 2 heterocycles. The third-order valence-electron chi connectivity index (χ3n) is 5.44. The van der Waals surface area contributed by atoms with Gasteiger partial charge in [0.05, 0.1) is 6.04 Å². The second kappa shape index (κ2) is 5.26. The minimum absolute atomic E-state index is 0.0291. The fourth-order valence-electron chi connectivity index (χ4n) is 3.83. The van der Waals surface area contributed by atoms with Gasteiger partial charge in [0.15, 0.2) is 5.72 Å². The average Bonchev–Trinajstić information content (AvgIpc) is 2.58. The molecule has 0 aromatic heterocycles. The Labute approximate surface area is 142 Å². The van der Waals surface area contributed by atoms with Gasteiger partial charge in [-0.25, -0.2) is 4.79 Å². The van der Waals surface area contributed by atoms with E-state index in [1.54, 1.807) is 4.90 Å². The van der Waals surface area contributed by atoms with Crippen molar-refractivity contribution in [3.8, 4) is 5.75 Å². The lowest BCUT2D eigenvalue weighted by atomic mass is 9.80. The summed E-state index contributed by atoms with van der Waals surface area (Å²) in [5.74, 6) is 0.967. The molecule has 1 saturated heterocycles. The minimum atomic E-state index is -0.713. The van der Waals surface area contributed by atoms with Gasteiger partial charge in [0.25, 0.3) is 0 Å². The van der Waals surface area contributed by atoms with Crippen LogP contribution in [0.3, 0.4) is 0 Å². The highest BCUT2D eigenvalue weighted by molar-refractivity contribution is 5.95. The molecule has 3 atom stereocenters. The molecule has 0 aliphatic carbocycles. The Balaban J connectivity index is 1.81. The van der Waals surface area contributed by atoms with Crippen molar-refractivity contribution >= 4 is 11.7 Å². The van der Waals surface area contributed by atoms with E-state index in [-0.39, 0.29) is 18.0 Å². The third-order valence-corrected chi connectivity index (χ3v) is 5.44. The monoisotopic (exact) mass is 322 g/mol. The highest BCUT2D eigenvalue weighted by Crippen LogP contribution is 2.48. The lowest BCUT2D eigenvalue weighted by Gasteiger charge is -2.54. The average molecular weight is 322 g/mol. The van der Waals surface area contributed by atoms with Crippen LogP contribution in [0.2, 0.25) is 0 Å². The fourth-order valence-corrected chi connectivity index (χ4v) is 3.83. The number of hydrogen-bond acceptors (Lipinski definition) is 2. The molecule has 2 aliphatic rings. The Kier molecular flexibility index (Phi) is 3.30. The number of fused-ring (bicyclic) bond motifs is 4. The summed E-state index contributed by atoms with van der Waals surface area (Å²) in [6.07, 6.45) is 0.978. The first kappa shape index (κ1) is 15.1. The first-order chi connectivity index (χ1) is 11.5. The molecule has 1 fully saturated rings. The second-order valence-corrected chi connectivity index (χ2v) is 6.77. The minimum Gasteiger partial charge on any atom is -0.467 e. The number of anilines is 1. The third kappa shape index (κ3) is 2.02. The molecule has 0 saturated carbocycles. The number of aryl methyl sites for hydroxylation is 1. The number of amides is 2. The quantitative estimate of drug-likeness (QED) is 0.897. The van der Waals surface area contributed by atoms with Crippen molar-refractivity contribution in [1.82, 2.24) is 5.32 Å². The summed E-state index contributed by atoms with van der Waals surface area (Å²) in [4.78, 5) is 14.6. The number of ether oxygens (including phenoxy) is 1. The maximum absolute atomic E-state index is 12.9. The maximum Gasteiger partial charge on any atom is 0.325 e. The zero-order chi connectivity index (χ0) is 16.9. The van der Waals surface area contributed by atoms with Crippen LogP contribution in [0.1, 0.15) is 37.9 Å². The highest BCUT2D eigenvalue weighted by atomic mass is 16.5. The molecule has 4 nitrogen and oxygen atoms in total. The largest absolute Gasteiger partial charge is 0.467 e. The first-order valence-electron chi connectivity index (χ1n) is 8.52. The maximum atomic E-state index is 12.9. The zero-order valence-corrected chi connectivity index (χ0v) is 14.2. The molecule has 3 unspecified atom stereocenters. The van der Waals surface area contributed by atoms with E-state index in [4.69, 9.17) is 4.74 Å². The van der Waals surface area contributed by atoms with Gasteiger partial charge < -0.3 is 10.1 Å². The number of rotatable bonds is 2. The molecule has 2 aliphatic heterocycles. The van der Waals surface area contributed by atoms with Crippen LogP contribution in [0.4, 0.5) is 10.5 Å². The van der Waals surface area contributed by atoms with E-state index in [1.165, 1.54) is 5.56 Å². The van der Waals surface area contributed by atoms with Gasteiger partial charge in [-0.1, -0.05) is 44.2 Å². The fraction of sp³-hybridized carbons (Fsp3) is 0.350. The number of nitrogens with zero attached hydrogens (tertiary/aromatic N) is 1. The van der Waals surface area contributed by atoms with E-state index in [0.717, 1.165) is 23.4 Å². The predicted molar refractivity (Wildman–Crippen MR) is 94.2 cm³/mol. The van der Waals surface area contributed by atoms with Gasteiger partial charge in [-0.3, -0.25) is 4.90 Å². The Bertz CT molecular complexity index is 786. The second-order valence-electron chi connectivity index (χ2n) is 6.77. The molecule has 124 valence electrons. The molecule has 0 spiro atoms. The summed E-state index contributed by atoms with van der Waals surface area (Å²) in [6, 6.07) is 16.0. The molecule has 0 radical (unpaired) electrons. The van der Waals surface area contributed by atoms with E-state index in [0.29, 0.717) is 0 Å². The van der Waals surface area contributed by atoms with Crippen LogP contribution in [0, 0.1) is 5.92 Å². The van der Waals surface area contributed by atoms with Crippen LogP contribution in [-0.2, 0) is 6.42 Å². The van der Waals surface area contributed by atoms with Crippen LogP contribution < -0.4 is 15.0 Å². The molecular weight excluding hydrogens is 300 g/mol. The van der Waals surface area contributed by atoms with Crippen LogP contribution in [0.15, 0.2) is 48.5 Å². The summed E-state index contributed by atoms with van der Waals surface area (Å²) >= 11 is 0. The zero-order valence-electron chi connectivity index (χ0n) is 14.2. The highest BCUT2D eigenvalue weighted by Gasteiger charge is 2.55. The lowest BCUT2D eigenvalue weighted by molar-refractivity contribution is -0.0126. The topological polar surface area (TPSA) is 41.6 Å². The van der Waals surface area contributed by atoms with Gasteiger partial charge in [0, 0.05) is 17.2 Å². The van der Waals surface area contributed by atoms with Crippen molar-refractivity contribution in [2.45, 2.75) is 39.0 Å². The smallest absolute Gasteiger partial charge is 0.325 e. The molecule has 2 bridgehead atoms. The molecule has 2 aromatic carbocycles. The predicted octanol–water partition coefficient (Wildman–Crippen LogP) is 4.26. The Morgan fingerprint density at radius 1 is 1.17 bits per heavy atom. The lowest BCUT2D eigenvalue weighted by Crippen LogP contribution is -2.69. The number of hydrogen-bond donors (Lipinski definition) is 1. The van der Waals surface area contributed by atoms with Gasteiger partial charge in [-0.15, -0.1) is 0 Å². The summed E-state index contributed by atoms with van der Waals surface area (Å²) in [6.45, 7) is 6.26. The summed E-state index contributed by atoms with van der Waals surface area (Å²) in [5.41, 5.74) is 2.45. The van der Waals surface area contributed by atoms with Crippen molar-refractivity contribution in [2.24, 2.45) is 5.92 Å². The van der Waals surface area contributed by atoms with E-state index < -0.39 is 5.72 Å². The number of urea groups is 1. The van der Waals surface area contributed by atoms with E-state index in [9.17, 15) is 4.79 Å². The molecule has 24 heavy (non-hydrogen) atoms. The summed E-state index contributed by atoms with van der Waals surface area (Å²) in [5, 5.41) is 3.16. The van der Waals surface area contributed by atoms with E-state index in [2.05, 4.69) is 31.3 Å². The van der Waals surface area contributed by atoms with E-state index >= 15 is 0 Å². The number of benzene rings is 2. The Morgan fingerprint density at radius 3 is 2.58 bits per heavy atom. The van der Waals surface area contributed by atoms with Crippen LogP contribution in [0.5, 0.6) is 5.75 Å². The standard InChI is InChI=1S/C20H22N2O2/c1-4-14-9-11-15(12-10-14)22-19(23)21-18-13(2)20(22,3)24-17-8-6-5-7-16(17)18/h5-13,18H,4H2,1-3H3,(H,21,23). The first-order valence-corrected chi connectivity index (χ1v) is 8.52. The molecule has 1 N–H and O–H groups in total. The van der Waals surface area contributed by atoms with Gasteiger partial charge >= 0.3 is 6.03 Å². The van der Waals surface area contributed by atoms with Crippen molar-refractivity contribution in [3.63, 3.8) is 0 Å². The number of carbonyl (C=O) groups excluding carboxylic acids is 1. The van der Waals surface area contributed by atoms with Crippen molar-refractivity contribution in [2.75, 3.05) is 4.90 Å². The summed E-state index contributed by atoms with van der Waals surface area (Å²) in [7, 11) is 0. The van der Waals surface area contributed by atoms with Crippen LogP contribution in [0.25, 0.3) is 0 Å². The Hall–Kier alpha value is -2.49. The molecular formula is C20H22N2O2. The van der Waals surface area contributed by atoms with Crippen LogP contribution in [-0.4, -0.2) is 11.8 Å². The van der Waals surface area contributed by atoms with Gasteiger partial charge in [0.1, 0.15) is 5.75 Å². The van der Waals surface area contributed by atoms with Gasteiger partial charge in [-0.05, 0) is 37.1 Å². The SMILES string of the molecule is CCc1ccc(N2C(=O)NC3c4ccccc4OC2(C)C3C)cc1. The molecule has 2 amide bonds. The van der Waals surface area contributed by atoms with E-state index in [1.807, 2.05) is 43.3 Å². The number of carbonyl (C=O) groups is 1. The normalized spacial score (nSPS) is 28.0. The molecule has 2 aromatic rings. The van der Waals surface area contributed by atoms with Crippen molar-refractivity contribution in [3.05, 3.63) is 59.7 Å². The van der Waals surface area contributed by atoms with Gasteiger partial charge in [-0.2, -0.15) is 0 Å². The summed E-state index contributed by atoms with van der Waals surface area (Å²) < 4.78 is 6.36. The number of nitrogens with one attached hydrogen (secondary N) is 1. The van der Waals surface area contributed by atoms with Crippen molar-refractivity contribution < 1.29 is 9.53 Å². The van der Waals surface area contributed by atoms with Gasteiger partial charge in [0.2, 0.25) is 0 Å². The van der Waals surface area contributed by atoms with Crippen LogP contribution >= 0.6 is 0 Å². The molecule has 4 heteroatoms. The Morgan fingerprint density at radius 2 is 1.88 bits per heavy atom. The molecule has 4 rings (SSSR count). The van der Waals surface area contributed by atoms with Crippen molar-refractivity contribution in [1.29, 1.82) is 0 Å². The number of para-hydroxylation sites is 1.